The number of rotatable bonds is 4. The molecule has 0 unspecified atom stereocenters. The van der Waals surface area contributed by atoms with E-state index in [9.17, 15) is 8.42 Å². The number of halogens is 1. The van der Waals surface area contributed by atoms with Gasteiger partial charge in [0.05, 0.1) is 15.4 Å². The van der Waals surface area contributed by atoms with E-state index >= 15 is 0 Å². The zero-order chi connectivity index (χ0) is 14.8. The lowest BCUT2D eigenvalue weighted by Crippen LogP contribution is -2.57. The molecule has 1 aromatic rings. The minimum Gasteiger partial charge on any atom is -0.392 e. The first kappa shape index (κ1) is 15.9. The van der Waals surface area contributed by atoms with Gasteiger partial charge < -0.3 is 5.73 Å². The minimum atomic E-state index is -3.63. The van der Waals surface area contributed by atoms with E-state index in [1.54, 1.807) is 24.3 Å². The Bertz CT molecular complexity index is 611. The number of nitrogens with one attached hydrogen (secondary N) is 1. The molecule has 0 heterocycles. The highest BCUT2D eigenvalue weighted by molar-refractivity contribution is 9.10. The van der Waals surface area contributed by atoms with E-state index in [0.717, 1.165) is 19.3 Å². The van der Waals surface area contributed by atoms with Gasteiger partial charge in [0.15, 0.2) is 0 Å². The average Bonchev–Trinajstić information content (AvgIpc) is 2.39. The topological polar surface area (TPSA) is 72.2 Å². The monoisotopic (exact) mass is 376 g/mol. The van der Waals surface area contributed by atoms with Gasteiger partial charge in [0.25, 0.3) is 0 Å². The summed E-state index contributed by atoms with van der Waals surface area (Å²) in [7, 11) is -3.63. The summed E-state index contributed by atoms with van der Waals surface area (Å²) in [6.45, 7) is 0. The van der Waals surface area contributed by atoms with Gasteiger partial charge in [-0.3, -0.25) is 0 Å². The molecule has 7 heteroatoms. The van der Waals surface area contributed by atoms with Gasteiger partial charge in [0.2, 0.25) is 10.0 Å². The Hall–Kier alpha value is -0.500. The Balaban J connectivity index is 2.32. The average molecular weight is 377 g/mol. The summed E-state index contributed by atoms with van der Waals surface area (Å²) in [6, 6.07) is 6.59. The van der Waals surface area contributed by atoms with Gasteiger partial charge >= 0.3 is 0 Å². The molecule has 0 aliphatic heterocycles. The SMILES string of the molecule is NC(=S)C1(NS(=O)(=O)c2cccc(Br)c2)CCCCC1. The maximum absolute atomic E-state index is 12.5. The molecule has 1 aromatic carbocycles. The smallest absolute Gasteiger partial charge is 0.241 e. The standard InChI is InChI=1S/C13H17BrN2O2S2/c14-10-5-4-6-11(9-10)20(17,18)16-13(12(15)19)7-2-1-3-8-13/h4-6,9,16H,1-3,7-8H2,(H2,15,19). The molecule has 0 spiro atoms. The summed E-state index contributed by atoms with van der Waals surface area (Å²) < 4.78 is 28.5. The molecule has 0 bridgehead atoms. The van der Waals surface area contributed by atoms with Crippen LogP contribution in [0, 0.1) is 0 Å². The second kappa shape index (κ2) is 6.09. The van der Waals surface area contributed by atoms with Crippen LogP contribution < -0.4 is 10.5 Å². The summed E-state index contributed by atoms with van der Waals surface area (Å²) in [5.74, 6) is 0. The summed E-state index contributed by atoms with van der Waals surface area (Å²) in [5, 5.41) is 0. The van der Waals surface area contributed by atoms with E-state index in [-0.39, 0.29) is 9.88 Å². The van der Waals surface area contributed by atoms with Crippen LogP contribution in [0.5, 0.6) is 0 Å². The Morgan fingerprint density at radius 3 is 2.50 bits per heavy atom. The first-order valence-electron chi connectivity index (χ1n) is 6.45. The zero-order valence-electron chi connectivity index (χ0n) is 10.9. The first-order chi connectivity index (χ1) is 9.36. The van der Waals surface area contributed by atoms with Gasteiger partial charge in [-0.25, -0.2) is 8.42 Å². The van der Waals surface area contributed by atoms with Gasteiger partial charge in [-0.15, -0.1) is 0 Å². The molecule has 1 aliphatic carbocycles. The fraction of sp³-hybridized carbons (Fsp3) is 0.462. The number of hydrogen-bond acceptors (Lipinski definition) is 3. The number of thiocarbonyl (C=S) groups is 1. The zero-order valence-corrected chi connectivity index (χ0v) is 14.2. The third kappa shape index (κ3) is 3.39. The number of benzene rings is 1. The highest BCUT2D eigenvalue weighted by atomic mass is 79.9. The molecular formula is C13H17BrN2O2S2. The van der Waals surface area contributed by atoms with Gasteiger partial charge in [-0.1, -0.05) is 53.5 Å². The van der Waals surface area contributed by atoms with Crippen molar-refractivity contribution in [1.82, 2.24) is 4.72 Å². The lowest BCUT2D eigenvalue weighted by Gasteiger charge is -2.36. The van der Waals surface area contributed by atoms with Gasteiger partial charge in [0, 0.05) is 4.47 Å². The predicted octanol–water partition coefficient (Wildman–Crippen LogP) is 2.72. The van der Waals surface area contributed by atoms with Crippen LogP contribution in [-0.4, -0.2) is 18.9 Å². The maximum Gasteiger partial charge on any atom is 0.241 e. The largest absolute Gasteiger partial charge is 0.392 e. The first-order valence-corrected chi connectivity index (χ1v) is 9.14. The van der Waals surface area contributed by atoms with Crippen molar-refractivity contribution in [3.8, 4) is 0 Å². The van der Waals surface area contributed by atoms with E-state index in [2.05, 4.69) is 20.7 Å². The van der Waals surface area contributed by atoms with Gasteiger partial charge in [-0.05, 0) is 31.0 Å². The number of sulfonamides is 1. The van der Waals surface area contributed by atoms with Crippen molar-refractivity contribution >= 4 is 43.2 Å². The highest BCUT2D eigenvalue weighted by Crippen LogP contribution is 2.30. The number of hydrogen-bond donors (Lipinski definition) is 2. The molecule has 0 radical (unpaired) electrons. The Labute approximate surface area is 133 Å². The van der Waals surface area contributed by atoms with Crippen LogP contribution >= 0.6 is 28.1 Å². The molecule has 0 aromatic heterocycles. The van der Waals surface area contributed by atoms with Crippen LogP contribution in [0.15, 0.2) is 33.6 Å². The summed E-state index contributed by atoms with van der Waals surface area (Å²) >= 11 is 8.39. The van der Waals surface area contributed by atoms with E-state index in [1.807, 2.05) is 0 Å². The summed E-state index contributed by atoms with van der Waals surface area (Å²) in [4.78, 5) is 0.448. The maximum atomic E-state index is 12.5. The van der Waals surface area contributed by atoms with Crippen molar-refractivity contribution in [1.29, 1.82) is 0 Å². The lowest BCUT2D eigenvalue weighted by molar-refractivity contribution is 0.353. The molecule has 1 saturated carbocycles. The Morgan fingerprint density at radius 2 is 1.95 bits per heavy atom. The van der Waals surface area contributed by atoms with Crippen molar-refractivity contribution in [2.24, 2.45) is 5.73 Å². The van der Waals surface area contributed by atoms with Crippen molar-refractivity contribution in [3.63, 3.8) is 0 Å². The van der Waals surface area contributed by atoms with Crippen molar-refractivity contribution < 1.29 is 8.42 Å². The normalized spacial score (nSPS) is 18.6. The molecule has 110 valence electrons. The van der Waals surface area contributed by atoms with E-state index < -0.39 is 15.6 Å². The number of nitrogens with two attached hydrogens (primary N) is 1. The molecular weight excluding hydrogens is 360 g/mol. The second-order valence-electron chi connectivity index (χ2n) is 5.07. The molecule has 2 rings (SSSR count). The van der Waals surface area contributed by atoms with Crippen molar-refractivity contribution in [3.05, 3.63) is 28.7 Å². The highest BCUT2D eigenvalue weighted by Gasteiger charge is 2.39. The van der Waals surface area contributed by atoms with Crippen molar-refractivity contribution in [2.75, 3.05) is 0 Å². The van der Waals surface area contributed by atoms with Crippen molar-refractivity contribution in [2.45, 2.75) is 42.5 Å². The van der Waals surface area contributed by atoms with Crippen LogP contribution in [0.25, 0.3) is 0 Å². The molecule has 0 atom stereocenters. The van der Waals surface area contributed by atoms with Crippen LogP contribution in [0.1, 0.15) is 32.1 Å². The van der Waals surface area contributed by atoms with E-state index in [4.69, 9.17) is 18.0 Å². The third-order valence-corrected chi connectivity index (χ3v) is 6.03. The third-order valence-electron chi connectivity index (χ3n) is 3.61. The molecule has 0 amide bonds. The molecule has 1 fully saturated rings. The molecule has 3 N–H and O–H groups in total. The van der Waals surface area contributed by atoms with Crippen LogP contribution in [-0.2, 0) is 10.0 Å². The van der Waals surface area contributed by atoms with E-state index in [1.165, 1.54) is 0 Å². The predicted molar refractivity (Wildman–Crippen MR) is 87.1 cm³/mol. The minimum absolute atomic E-state index is 0.216. The molecule has 1 aliphatic rings. The fourth-order valence-electron chi connectivity index (χ4n) is 2.50. The van der Waals surface area contributed by atoms with Gasteiger partial charge in [0.1, 0.15) is 0 Å². The van der Waals surface area contributed by atoms with Crippen LogP contribution in [0.4, 0.5) is 0 Å². The Morgan fingerprint density at radius 1 is 1.30 bits per heavy atom. The summed E-state index contributed by atoms with van der Waals surface area (Å²) in [6.07, 6.45) is 4.27. The molecule has 4 nitrogen and oxygen atoms in total. The fourth-order valence-corrected chi connectivity index (χ4v) is 4.86. The quantitative estimate of drug-likeness (QED) is 0.792. The second-order valence-corrected chi connectivity index (χ2v) is 8.11. The molecule has 0 saturated heterocycles. The Kier molecular flexibility index (Phi) is 4.84. The van der Waals surface area contributed by atoms with Crippen LogP contribution in [0.3, 0.4) is 0 Å². The lowest BCUT2D eigenvalue weighted by atomic mass is 9.82. The van der Waals surface area contributed by atoms with E-state index in [0.29, 0.717) is 17.3 Å². The van der Waals surface area contributed by atoms with Crippen LogP contribution in [0.2, 0.25) is 0 Å². The molecule has 20 heavy (non-hydrogen) atoms. The summed E-state index contributed by atoms with van der Waals surface area (Å²) in [5.41, 5.74) is 5.03. The van der Waals surface area contributed by atoms with Gasteiger partial charge in [-0.2, -0.15) is 4.72 Å².